The number of hydrogen-bond donors (Lipinski definition) is 2. The minimum absolute atomic E-state index is 0.198. The Morgan fingerprint density at radius 3 is 2.04 bits per heavy atom. The average molecular weight is 311 g/mol. The lowest BCUT2D eigenvalue weighted by molar-refractivity contribution is -0.141. The molecule has 2 aromatic rings. The zero-order valence-electron chi connectivity index (χ0n) is 12.9. The lowest BCUT2D eigenvalue weighted by Gasteiger charge is -2.14. The van der Waals surface area contributed by atoms with E-state index in [2.05, 4.69) is 5.32 Å². The molecule has 0 saturated carbocycles. The maximum atomic E-state index is 12.0. The third kappa shape index (κ3) is 5.94. The SMILES string of the molecule is O=C(Cc1ccccc1)N[C@@H](CCCc1ccccc1)C(=O)O. The van der Waals surface area contributed by atoms with Gasteiger partial charge < -0.3 is 10.4 Å². The molecular weight excluding hydrogens is 290 g/mol. The van der Waals surface area contributed by atoms with Crippen molar-refractivity contribution in [1.29, 1.82) is 0 Å². The van der Waals surface area contributed by atoms with Gasteiger partial charge in [0.15, 0.2) is 0 Å². The van der Waals surface area contributed by atoms with E-state index in [1.165, 1.54) is 5.56 Å². The van der Waals surface area contributed by atoms with Crippen LogP contribution in [0.25, 0.3) is 0 Å². The molecule has 1 amide bonds. The van der Waals surface area contributed by atoms with Crippen molar-refractivity contribution < 1.29 is 14.7 Å². The van der Waals surface area contributed by atoms with Crippen molar-refractivity contribution in [3.05, 3.63) is 71.8 Å². The minimum atomic E-state index is -0.987. The van der Waals surface area contributed by atoms with Crippen LogP contribution in [0.1, 0.15) is 24.0 Å². The summed E-state index contributed by atoms with van der Waals surface area (Å²) in [5.74, 6) is -1.25. The zero-order chi connectivity index (χ0) is 16.5. The Balaban J connectivity index is 1.81. The van der Waals surface area contributed by atoms with E-state index in [-0.39, 0.29) is 12.3 Å². The second-order valence-corrected chi connectivity index (χ2v) is 5.50. The predicted molar refractivity (Wildman–Crippen MR) is 89.1 cm³/mol. The van der Waals surface area contributed by atoms with Gasteiger partial charge in [-0.05, 0) is 30.4 Å². The average Bonchev–Trinajstić information content (AvgIpc) is 2.55. The Kier molecular flexibility index (Phi) is 6.36. The number of nitrogens with one attached hydrogen (secondary N) is 1. The fraction of sp³-hybridized carbons (Fsp3) is 0.263. The first-order chi connectivity index (χ1) is 11.1. The second-order valence-electron chi connectivity index (χ2n) is 5.50. The molecule has 23 heavy (non-hydrogen) atoms. The fourth-order valence-electron chi connectivity index (χ4n) is 2.44. The predicted octanol–water partition coefficient (Wildman–Crippen LogP) is 2.82. The van der Waals surface area contributed by atoms with Gasteiger partial charge in [-0.25, -0.2) is 4.79 Å². The molecule has 0 bridgehead atoms. The Bertz CT molecular complexity index is 626. The van der Waals surface area contributed by atoms with Gasteiger partial charge >= 0.3 is 5.97 Å². The van der Waals surface area contributed by atoms with Crippen molar-refractivity contribution >= 4 is 11.9 Å². The topological polar surface area (TPSA) is 66.4 Å². The molecule has 4 nitrogen and oxygen atoms in total. The normalized spacial score (nSPS) is 11.7. The number of carbonyl (C=O) groups excluding carboxylic acids is 1. The summed E-state index contributed by atoms with van der Waals surface area (Å²) >= 11 is 0. The van der Waals surface area contributed by atoms with Crippen LogP contribution in [0, 0.1) is 0 Å². The summed E-state index contributed by atoms with van der Waals surface area (Å²) in [5, 5.41) is 11.9. The molecule has 0 fully saturated rings. The van der Waals surface area contributed by atoms with Crippen LogP contribution in [0.3, 0.4) is 0 Å². The van der Waals surface area contributed by atoms with Crippen LogP contribution in [0.5, 0.6) is 0 Å². The highest BCUT2D eigenvalue weighted by Gasteiger charge is 2.19. The van der Waals surface area contributed by atoms with Crippen molar-refractivity contribution in [2.75, 3.05) is 0 Å². The van der Waals surface area contributed by atoms with Crippen molar-refractivity contribution in [2.24, 2.45) is 0 Å². The van der Waals surface area contributed by atoms with Crippen LogP contribution >= 0.6 is 0 Å². The summed E-state index contributed by atoms with van der Waals surface area (Å²) in [4.78, 5) is 23.3. The lowest BCUT2D eigenvalue weighted by atomic mass is 10.0. The Morgan fingerprint density at radius 2 is 1.48 bits per heavy atom. The number of amides is 1. The van der Waals surface area contributed by atoms with Crippen molar-refractivity contribution in [3.8, 4) is 0 Å². The monoisotopic (exact) mass is 311 g/mol. The van der Waals surface area contributed by atoms with Crippen LogP contribution in [0.15, 0.2) is 60.7 Å². The molecule has 0 aliphatic heterocycles. The molecule has 2 rings (SSSR count). The molecule has 1 atom stereocenters. The van der Waals surface area contributed by atoms with E-state index in [1.807, 2.05) is 60.7 Å². The Hall–Kier alpha value is -2.62. The summed E-state index contributed by atoms with van der Waals surface area (Å²) in [7, 11) is 0. The van der Waals surface area contributed by atoms with Gasteiger partial charge in [0.05, 0.1) is 6.42 Å². The van der Waals surface area contributed by atoms with Crippen LogP contribution < -0.4 is 5.32 Å². The maximum Gasteiger partial charge on any atom is 0.326 e. The Labute approximate surface area is 136 Å². The summed E-state index contributed by atoms with van der Waals surface area (Å²) in [6.45, 7) is 0. The number of aryl methyl sites for hydroxylation is 1. The summed E-state index contributed by atoms with van der Waals surface area (Å²) in [5.41, 5.74) is 2.05. The summed E-state index contributed by atoms with van der Waals surface area (Å²) in [6, 6.07) is 18.4. The molecule has 4 heteroatoms. The molecule has 2 N–H and O–H groups in total. The van der Waals surface area contributed by atoms with Gasteiger partial charge in [0.1, 0.15) is 6.04 Å². The van der Waals surface area contributed by atoms with Gasteiger partial charge in [-0.2, -0.15) is 0 Å². The van der Waals surface area contributed by atoms with Crippen molar-refractivity contribution in [1.82, 2.24) is 5.32 Å². The van der Waals surface area contributed by atoms with Crippen molar-refractivity contribution in [2.45, 2.75) is 31.7 Å². The number of carboxylic acid groups (broad SMARTS) is 1. The summed E-state index contributed by atoms with van der Waals surface area (Å²) < 4.78 is 0. The molecule has 0 aliphatic rings. The third-order valence-electron chi connectivity index (χ3n) is 3.64. The number of rotatable bonds is 8. The summed E-state index contributed by atoms with van der Waals surface area (Å²) in [6.07, 6.45) is 2.14. The highest BCUT2D eigenvalue weighted by molar-refractivity contribution is 5.84. The van der Waals surface area contributed by atoms with E-state index in [0.29, 0.717) is 12.8 Å². The smallest absolute Gasteiger partial charge is 0.326 e. The number of carboxylic acids is 1. The maximum absolute atomic E-state index is 12.0. The molecule has 0 radical (unpaired) electrons. The van der Waals surface area contributed by atoms with Crippen LogP contribution in [-0.4, -0.2) is 23.0 Å². The number of aliphatic carboxylic acids is 1. The van der Waals surface area contributed by atoms with E-state index in [4.69, 9.17) is 0 Å². The van der Waals surface area contributed by atoms with Gasteiger partial charge in [0, 0.05) is 0 Å². The van der Waals surface area contributed by atoms with Gasteiger partial charge in [-0.1, -0.05) is 60.7 Å². The van der Waals surface area contributed by atoms with Crippen LogP contribution in [0.4, 0.5) is 0 Å². The molecule has 0 aliphatic carbocycles. The fourth-order valence-corrected chi connectivity index (χ4v) is 2.44. The quantitative estimate of drug-likeness (QED) is 0.788. The number of benzene rings is 2. The van der Waals surface area contributed by atoms with Gasteiger partial charge in [0.25, 0.3) is 0 Å². The van der Waals surface area contributed by atoms with Crippen LogP contribution in [-0.2, 0) is 22.4 Å². The molecule has 2 aromatic carbocycles. The second kappa shape index (κ2) is 8.73. The molecule has 0 saturated heterocycles. The lowest BCUT2D eigenvalue weighted by Crippen LogP contribution is -2.41. The first-order valence-corrected chi connectivity index (χ1v) is 7.75. The molecule has 0 aromatic heterocycles. The van der Waals surface area contributed by atoms with E-state index in [0.717, 1.165) is 12.0 Å². The van der Waals surface area contributed by atoms with Crippen molar-refractivity contribution in [3.63, 3.8) is 0 Å². The van der Waals surface area contributed by atoms with E-state index >= 15 is 0 Å². The first kappa shape index (κ1) is 16.7. The number of hydrogen-bond acceptors (Lipinski definition) is 2. The van der Waals surface area contributed by atoms with E-state index < -0.39 is 12.0 Å². The highest BCUT2D eigenvalue weighted by atomic mass is 16.4. The molecule has 120 valence electrons. The van der Waals surface area contributed by atoms with E-state index in [9.17, 15) is 14.7 Å². The molecule has 0 spiro atoms. The number of carbonyl (C=O) groups is 2. The first-order valence-electron chi connectivity index (χ1n) is 7.75. The molecule has 0 heterocycles. The van der Waals surface area contributed by atoms with Gasteiger partial charge in [-0.3, -0.25) is 4.79 Å². The van der Waals surface area contributed by atoms with Gasteiger partial charge in [0.2, 0.25) is 5.91 Å². The third-order valence-corrected chi connectivity index (χ3v) is 3.64. The minimum Gasteiger partial charge on any atom is -0.480 e. The van der Waals surface area contributed by atoms with Crippen LogP contribution in [0.2, 0.25) is 0 Å². The standard InChI is InChI=1S/C19H21NO3/c21-18(14-16-10-5-2-6-11-16)20-17(19(22)23)13-7-12-15-8-3-1-4-9-15/h1-6,8-11,17H,7,12-14H2,(H,20,21)(H,22,23)/t17-/m0/s1. The zero-order valence-corrected chi connectivity index (χ0v) is 12.9. The van der Waals surface area contributed by atoms with E-state index in [1.54, 1.807) is 0 Å². The molecule has 0 unspecified atom stereocenters. The highest BCUT2D eigenvalue weighted by Crippen LogP contribution is 2.07. The molecular formula is C19H21NO3. The largest absolute Gasteiger partial charge is 0.480 e. The Morgan fingerprint density at radius 1 is 0.913 bits per heavy atom. The van der Waals surface area contributed by atoms with Gasteiger partial charge in [-0.15, -0.1) is 0 Å².